The molecule has 2 nitrogen and oxygen atoms in total. The molecule has 0 atom stereocenters. The largest absolute Gasteiger partial charge is 0.382 e. The Morgan fingerprint density at radius 3 is 3.11 bits per heavy atom. The molecule has 1 heterocycles. The van der Waals surface area contributed by atoms with E-state index in [1.54, 1.807) is 0 Å². The van der Waals surface area contributed by atoms with Gasteiger partial charge in [-0.05, 0) is 6.92 Å². The molecule has 0 saturated carbocycles. The zero-order valence-corrected chi connectivity index (χ0v) is 5.99. The minimum atomic E-state index is 1.03. The average Bonchev–Trinajstić information content (AvgIpc) is 1.93. The van der Waals surface area contributed by atoms with Gasteiger partial charge in [-0.1, -0.05) is 0 Å². The van der Waals surface area contributed by atoms with Crippen LogP contribution >= 0.6 is 0 Å². The molecule has 1 aliphatic rings. The van der Waals surface area contributed by atoms with Gasteiger partial charge in [-0.15, -0.1) is 0 Å². The Bertz CT molecular complexity index is 156. The first-order valence-electron chi connectivity index (χ1n) is 3.28. The van der Waals surface area contributed by atoms with Gasteiger partial charge in [-0.25, -0.2) is 4.99 Å². The maximum atomic E-state index is 3.25. The van der Waals surface area contributed by atoms with E-state index in [0.29, 0.717) is 0 Å². The van der Waals surface area contributed by atoms with Gasteiger partial charge < -0.3 is 5.32 Å². The lowest BCUT2D eigenvalue weighted by atomic mass is 10.3. The average molecular weight is 125 g/mol. The van der Waals surface area contributed by atoms with Crippen LogP contribution in [0.15, 0.2) is 11.8 Å². The zero-order valence-electron chi connectivity index (χ0n) is 5.99. The third-order valence-electron chi connectivity index (χ3n) is 1.37. The lowest BCUT2D eigenvalue weighted by molar-refractivity contribution is -0.453. The van der Waals surface area contributed by atoms with Crippen LogP contribution in [0.3, 0.4) is 0 Å². The van der Waals surface area contributed by atoms with Crippen LogP contribution in [0.25, 0.3) is 0 Å². The molecular weight excluding hydrogens is 112 g/mol. The second-order valence-corrected chi connectivity index (χ2v) is 2.36. The van der Waals surface area contributed by atoms with Gasteiger partial charge in [0, 0.05) is 18.7 Å². The summed E-state index contributed by atoms with van der Waals surface area (Å²) < 4.78 is 0. The number of nitrogens with one attached hydrogen (secondary N) is 2. The maximum absolute atomic E-state index is 3.25. The monoisotopic (exact) mass is 125 g/mol. The Kier molecular flexibility index (Phi) is 1.88. The smallest absolute Gasteiger partial charge is 0.173 e. The van der Waals surface area contributed by atoms with E-state index in [1.807, 2.05) is 0 Å². The second kappa shape index (κ2) is 2.67. The molecule has 50 valence electrons. The fourth-order valence-electron chi connectivity index (χ4n) is 0.946. The summed E-state index contributed by atoms with van der Waals surface area (Å²) in [6, 6.07) is 0. The molecule has 0 fully saturated rings. The highest BCUT2D eigenvalue weighted by Gasteiger charge is 1.99. The second-order valence-electron chi connectivity index (χ2n) is 2.36. The summed E-state index contributed by atoms with van der Waals surface area (Å²) >= 11 is 0. The fraction of sp³-hybridized carbons (Fsp3) is 0.571. The number of hydrogen-bond donors (Lipinski definition) is 2. The van der Waals surface area contributed by atoms with Gasteiger partial charge in [-0.2, -0.15) is 0 Å². The third kappa shape index (κ3) is 1.88. The Labute approximate surface area is 55.7 Å². The molecule has 1 aliphatic heterocycles. The Morgan fingerprint density at radius 2 is 2.33 bits per heavy atom. The predicted octanol–water partition coefficient (Wildman–Crippen LogP) is -0.965. The summed E-state index contributed by atoms with van der Waals surface area (Å²) in [6.45, 7) is 6.21. The van der Waals surface area contributed by atoms with Gasteiger partial charge in [0.1, 0.15) is 0 Å². The van der Waals surface area contributed by atoms with E-state index < -0.39 is 0 Å². The summed E-state index contributed by atoms with van der Waals surface area (Å²) in [5, 5.41) is 3.25. The van der Waals surface area contributed by atoms with Crippen molar-refractivity contribution in [3.63, 3.8) is 0 Å². The SMILES string of the molecule is CC1=CC(C)=[NH+]CCN1. The van der Waals surface area contributed by atoms with Crippen LogP contribution in [0.5, 0.6) is 0 Å². The lowest BCUT2D eigenvalue weighted by Gasteiger charge is -1.96. The lowest BCUT2D eigenvalue weighted by Crippen LogP contribution is -2.73. The van der Waals surface area contributed by atoms with Gasteiger partial charge >= 0.3 is 0 Å². The quantitative estimate of drug-likeness (QED) is 0.428. The third-order valence-corrected chi connectivity index (χ3v) is 1.37. The molecule has 0 spiro atoms. The van der Waals surface area contributed by atoms with Crippen LogP contribution in [0.1, 0.15) is 13.8 Å². The van der Waals surface area contributed by atoms with E-state index in [0.717, 1.165) is 13.1 Å². The number of hydrogen-bond acceptors (Lipinski definition) is 1. The molecule has 0 amide bonds. The van der Waals surface area contributed by atoms with E-state index in [9.17, 15) is 0 Å². The van der Waals surface area contributed by atoms with Gasteiger partial charge in [0.2, 0.25) is 0 Å². The topological polar surface area (TPSA) is 26.0 Å². The Hall–Kier alpha value is -0.790. The molecule has 0 unspecified atom stereocenters. The highest BCUT2D eigenvalue weighted by molar-refractivity contribution is 5.88. The molecule has 0 radical (unpaired) electrons. The molecule has 0 bridgehead atoms. The Morgan fingerprint density at radius 1 is 1.56 bits per heavy atom. The molecule has 0 saturated heterocycles. The van der Waals surface area contributed by atoms with Crippen molar-refractivity contribution in [2.45, 2.75) is 13.8 Å². The van der Waals surface area contributed by atoms with E-state index in [-0.39, 0.29) is 0 Å². The van der Waals surface area contributed by atoms with Crippen molar-refractivity contribution in [3.05, 3.63) is 11.8 Å². The first-order chi connectivity index (χ1) is 4.29. The highest BCUT2D eigenvalue weighted by atomic mass is 14.9. The number of allylic oxidation sites excluding steroid dienone is 2. The van der Waals surface area contributed by atoms with Crippen LogP contribution in [-0.4, -0.2) is 18.8 Å². The standard InChI is InChI=1S/C7H12N2/c1-6-5-7(2)9-4-3-8-6/h5,8H,3-4H2,1-2H3/p+1. The predicted molar refractivity (Wildman–Crippen MR) is 38.3 cm³/mol. The minimum absolute atomic E-state index is 1.03. The van der Waals surface area contributed by atoms with Crippen LogP contribution in [0.2, 0.25) is 0 Å². The fourth-order valence-corrected chi connectivity index (χ4v) is 0.946. The van der Waals surface area contributed by atoms with Gasteiger partial charge in [0.15, 0.2) is 12.3 Å². The van der Waals surface area contributed by atoms with Gasteiger partial charge in [0.05, 0.1) is 6.54 Å². The molecule has 0 aliphatic carbocycles. The van der Waals surface area contributed by atoms with Gasteiger partial charge in [-0.3, -0.25) is 0 Å². The summed E-state index contributed by atoms with van der Waals surface area (Å²) in [6.07, 6.45) is 2.12. The molecule has 2 N–H and O–H groups in total. The highest BCUT2D eigenvalue weighted by Crippen LogP contribution is 1.85. The summed E-state index contributed by atoms with van der Waals surface area (Å²) in [7, 11) is 0. The van der Waals surface area contributed by atoms with Crippen molar-refractivity contribution in [3.8, 4) is 0 Å². The molecule has 2 heteroatoms. The van der Waals surface area contributed by atoms with Gasteiger partial charge in [0.25, 0.3) is 0 Å². The normalized spacial score (nSPS) is 19.3. The minimum Gasteiger partial charge on any atom is -0.382 e. The van der Waals surface area contributed by atoms with Crippen molar-refractivity contribution < 1.29 is 4.99 Å². The first kappa shape index (κ1) is 6.33. The van der Waals surface area contributed by atoms with Crippen molar-refractivity contribution in [2.75, 3.05) is 13.1 Å². The maximum Gasteiger partial charge on any atom is 0.173 e. The zero-order chi connectivity index (χ0) is 6.69. The van der Waals surface area contributed by atoms with E-state index >= 15 is 0 Å². The van der Waals surface area contributed by atoms with Crippen molar-refractivity contribution >= 4 is 5.71 Å². The summed E-state index contributed by atoms with van der Waals surface area (Å²) in [5.41, 5.74) is 2.50. The van der Waals surface area contributed by atoms with Crippen molar-refractivity contribution in [2.24, 2.45) is 0 Å². The van der Waals surface area contributed by atoms with E-state index in [2.05, 4.69) is 30.2 Å². The van der Waals surface area contributed by atoms with Crippen LogP contribution in [0, 0.1) is 0 Å². The molecule has 9 heavy (non-hydrogen) atoms. The summed E-state index contributed by atoms with van der Waals surface area (Å²) in [4.78, 5) is 3.25. The van der Waals surface area contributed by atoms with E-state index in [4.69, 9.17) is 0 Å². The van der Waals surface area contributed by atoms with Crippen LogP contribution in [-0.2, 0) is 0 Å². The van der Waals surface area contributed by atoms with Crippen LogP contribution in [0.4, 0.5) is 0 Å². The molecular formula is C7H13N2+. The summed E-state index contributed by atoms with van der Waals surface area (Å²) in [5.74, 6) is 0. The molecule has 0 aromatic rings. The van der Waals surface area contributed by atoms with Crippen molar-refractivity contribution in [1.82, 2.24) is 5.32 Å². The number of rotatable bonds is 0. The van der Waals surface area contributed by atoms with E-state index in [1.165, 1.54) is 11.4 Å². The first-order valence-corrected chi connectivity index (χ1v) is 3.28. The van der Waals surface area contributed by atoms with Crippen LogP contribution < -0.4 is 10.3 Å². The molecule has 1 rings (SSSR count). The Balaban J connectivity index is 2.67. The molecule has 0 aromatic carbocycles. The van der Waals surface area contributed by atoms with Crippen molar-refractivity contribution in [1.29, 1.82) is 0 Å². The molecule has 0 aromatic heterocycles.